The largest absolute Gasteiger partial charge is 0.465 e. The van der Waals surface area contributed by atoms with Gasteiger partial charge in [-0.2, -0.15) is 13.2 Å². The van der Waals surface area contributed by atoms with Gasteiger partial charge in [-0.1, -0.05) is 11.2 Å². The van der Waals surface area contributed by atoms with Gasteiger partial charge in [-0.3, -0.25) is 0 Å². The normalized spacial score (nSPS) is 18.7. The molecule has 1 heterocycles. The van der Waals surface area contributed by atoms with Crippen LogP contribution in [0.2, 0.25) is 0 Å². The smallest absolute Gasteiger partial charge is 0.435 e. The molecule has 0 N–H and O–H groups in total. The van der Waals surface area contributed by atoms with Gasteiger partial charge in [0.05, 0.1) is 18.4 Å². The van der Waals surface area contributed by atoms with Gasteiger partial charge in [-0.15, -0.1) is 0 Å². The fourth-order valence-electron chi connectivity index (χ4n) is 3.40. The van der Waals surface area contributed by atoms with E-state index >= 15 is 0 Å². The number of esters is 1. The minimum Gasteiger partial charge on any atom is -0.465 e. The van der Waals surface area contributed by atoms with Gasteiger partial charge < -0.3 is 9.57 Å². The number of rotatable bonds is 5. The number of methoxy groups -OCH3 is 1. The topological polar surface area (TPSA) is 47.9 Å². The highest BCUT2D eigenvalue weighted by molar-refractivity contribution is 6.03. The maximum atomic E-state index is 14.1. The predicted octanol–water partition coefficient (Wildman–Crippen LogP) is 6.24. The number of carbonyl (C=O) groups excluding carboxylic acids is 1. The van der Waals surface area contributed by atoms with Gasteiger partial charge in [0, 0.05) is 23.1 Å². The van der Waals surface area contributed by atoms with Crippen molar-refractivity contribution in [1.29, 1.82) is 0 Å². The Bertz CT molecular complexity index is 1040. The van der Waals surface area contributed by atoms with E-state index in [1.807, 2.05) is 0 Å². The molecule has 0 saturated carbocycles. The molecule has 0 spiro atoms. The second-order valence-electron chi connectivity index (χ2n) is 7.14. The lowest BCUT2D eigenvalue weighted by Gasteiger charge is -2.30. The zero-order chi connectivity index (χ0) is 23.8. The Labute approximate surface area is 177 Å². The maximum absolute atomic E-state index is 14.1. The summed E-state index contributed by atoms with van der Waals surface area (Å²) in [5.41, 5.74) is -5.55. The third kappa shape index (κ3) is 4.15. The van der Waals surface area contributed by atoms with Crippen molar-refractivity contribution in [3.05, 3.63) is 69.8 Å². The SMILES string of the molecule is COC(=O)c1ccc(C2=NOC(c3cc(C(F)F)cc(C(F)F)c3)(C(F)(F)F)C2)cc1C. The second-order valence-corrected chi connectivity index (χ2v) is 7.14. The van der Waals surface area contributed by atoms with Crippen LogP contribution in [-0.2, 0) is 15.2 Å². The molecule has 0 amide bonds. The first-order valence-electron chi connectivity index (χ1n) is 9.12. The molecule has 3 rings (SSSR count). The van der Waals surface area contributed by atoms with Crippen molar-refractivity contribution >= 4 is 11.7 Å². The molecule has 0 radical (unpaired) electrons. The molecule has 32 heavy (non-hydrogen) atoms. The molecule has 1 aliphatic rings. The van der Waals surface area contributed by atoms with E-state index in [-0.39, 0.29) is 16.8 Å². The molecule has 11 heteroatoms. The molecule has 0 aromatic heterocycles. The molecular weight excluding hydrogens is 447 g/mol. The number of hydrogen-bond acceptors (Lipinski definition) is 4. The van der Waals surface area contributed by atoms with Crippen molar-refractivity contribution in [1.82, 2.24) is 0 Å². The number of carbonyl (C=O) groups is 1. The van der Waals surface area contributed by atoms with Crippen LogP contribution in [0.3, 0.4) is 0 Å². The Hall–Kier alpha value is -3.11. The summed E-state index contributed by atoms with van der Waals surface area (Å²) in [5.74, 6) is -0.647. The maximum Gasteiger partial charge on any atom is 0.435 e. The average Bonchev–Trinajstić information content (AvgIpc) is 3.19. The summed E-state index contributed by atoms with van der Waals surface area (Å²) in [4.78, 5) is 16.5. The van der Waals surface area contributed by atoms with E-state index < -0.39 is 53.7 Å². The highest BCUT2D eigenvalue weighted by atomic mass is 19.4. The number of oxime groups is 1. The molecule has 1 aliphatic heterocycles. The minimum atomic E-state index is -5.17. The molecule has 2 aromatic carbocycles. The lowest BCUT2D eigenvalue weighted by molar-refractivity contribution is -0.276. The van der Waals surface area contributed by atoms with Crippen LogP contribution < -0.4 is 0 Å². The Balaban J connectivity index is 2.06. The summed E-state index contributed by atoms with van der Waals surface area (Å²) < 4.78 is 99.7. The van der Waals surface area contributed by atoms with Crippen LogP contribution in [-0.4, -0.2) is 25.0 Å². The van der Waals surface area contributed by atoms with Crippen LogP contribution >= 0.6 is 0 Å². The van der Waals surface area contributed by atoms with Gasteiger partial charge in [-0.05, 0) is 48.4 Å². The van der Waals surface area contributed by atoms with E-state index in [1.165, 1.54) is 32.2 Å². The molecule has 1 atom stereocenters. The Kier molecular flexibility index (Phi) is 6.21. The summed E-state index contributed by atoms with van der Waals surface area (Å²) >= 11 is 0. The first-order chi connectivity index (χ1) is 14.9. The Morgan fingerprint density at radius 2 is 1.66 bits per heavy atom. The average molecular weight is 463 g/mol. The summed E-state index contributed by atoms with van der Waals surface area (Å²) in [6.45, 7) is 1.53. The van der Waals surface area contributed by atoms with E-state index in [1.54, 1.807) is 0 Å². The Morgan fingerprint density at radius 3 is 2.12 bits per heavy atom. The van der Waals surface area contributed by atoms with Crippen LogP contribution in [0.4, 0.5) is 30.7 Å². The van der Waals surface area contributed by atoms with Crippen LogP contribution in [0.15, 0.2) is 41.6 Å². The third-order valence-corrected chi connectivity index (χ3v) is 5.10. The van der Waals surface area contributed by atoms with Crippen LogP contribution in [0.5, 0.6) is 0 Å². The third-order valence-electron chi connectivity index (χ3n) is 5.10. The van der Waals surface area contributed by atoms with Crippen molar-refractivity contribution in [3.8, 4) is 0 Å². The van der Waals surface area contributed by atoms with E-state index in [0.717, 1.165) is 0 Å². The predicted molar refractivity (Wildman–Crippen MR) is 98.8 cm³/mol. The molecule has 2 aromatic rings. The van der Waals surface area contributed by atoms with Crippen LogP contribution in [0.1, 0.15) is 57.4 Å². The zero-order valence-corrected chi connectivity index (χ0v) is 16.6. The molecule has 0 saturated heterocycles. The van der Waals surface area contributed by atoms with Crippen LogP contribution in [0.25, 0.3) is 0 Å². The van der Waals surface area contributed by atoms with Gasteiger partial charge in [0.15, 0.2) is 0 Å². The van der Waals surface area contributed by atoms with Crippen molar-refractivity contribution < 1.29 is 45.1 Å². The number of hydrogen-bond donors (Lipinski definition) is 0. The van der Waals surface area contributed by atoms with E-state index in [2.05, 4.69) is 9.89 Å². The molecule has 1 unspecified atom stereocenters. The first kappa shape index (κ1) is 23.6. The quantitative estimate of drug-likeness (QED) is 0.390. The molecule has 0 fully saturated rings. The first-order valence-corrected chi connectivity index (χ1v) is 9.12. The highest BCUT2D eigenvalue weighted by Crippen LogP contribution is 2.50. The summed E-state index contributed by atoms with van der Waals surface area (Å²) in [6, 6.07) is 5.49. The fraction of sp³-hybridized carbons (Fsp3) is 0.333. The van der Waals surface area contributed by atoms with E-state index in [9.17, 15) is 35.5 Å². The molecule has 0 aliphatic carbocycles. The van der Waals surface area contributed by atoms with Crippen LogP contribution in [0, 0.1) is 6.92 Å². The van der Waals surface area contributed by atoms with Gasteiger partial charge in [0.1, 0.15) is 0 Å². The number of aryl methyl sites for hydroxylation is 1. The molecular formula is C21H16F7NO3. The fourth-order valence-corrected chi connectivity index (χ4v) is 3.40. The van der Waals surface area contributed by atoms with Gasteiger partial charge in [-0.25, -0.2) is 22.4 Å². The van der Waals surface area contributed by atoms with Crippen molar-refractivity contribution in [2.45, 2.75) is 38.0 Å². The van der Waals surface area contributed by atoms with Crippen molar-refractivity contribution in [2.24, 2.45) is 5.16 Å². The summed E-state index contributed by atoms with van der Waals surface area (Å²) in [7, 11) is 1.17. The standard InChI is InChI=1S/C21H16F7NO3/c1-10-5-11(3-4-15(10)19(30)31-2)16-9-20(32-29-16,21(26,27)28)14-7-12(17(22)23)6-13(8-14)18(24)25/h3-8,17-18H,9H2,1-2H3. The Morgan fingerprint density at radius 1 is 1.06 bits per heavy atom. The number of benzene rings is 2. The number of alkyl halides is 7. The zero-order valence-electron chi connectivity index (χ0n) is 16.6. The van der Waals surface area contributed by atoms with Gasteiger partial charge in [0.25, 0.3) is 18.5 Å². The van der Waals surface area contributed by atoms with E-state index in [0.29, 0.717) is 23.8 Å². The van der Waals surface area contributed by atoms with Gasteiger partial charge in [0.2, 0.25) is 0 Å². The lowest BCUT2D eigenvalue weighted by Crippen LogP contribution is -2.43. The van der Waals surface area contributed by atoms with Crippen molar-refractivity contribution in [3.63, 3.8) is 0 Å². The molecule has 0 bridgehead atoms. The van der Waals surface area contributed by atoms with Crippen molar-refractivity contribution in [2.75, 3.05) is 7.11 Å². The van der Waals surface area contributed by atoms with E-state index in [4.69, 9.17) is 4.84 Å². The number of halogens is 7. The lowest BCUT2D eigenvalue weighted by atomic mass is 9.84. The molecule has 172 valence electrons. The highest BCUT2D eigenvalue weighted by Gasteiger charge is 2.62. The monoisotopic (exact) mass is 463 g/mol. The summed E-state index contributed by atoms with van der Waals surface area (Å²) in [5, 5.41) is 3.49. The molecule has 4 nitrogen and oxygen atoms in total. The number of nitrogens with zero attached hydrogens (tertiary/aromatic N) is 1. The minimum absolute atomic E-state index is 0.181. The summed E-state index contributed by atoms with van der Waals surface area (Å²) in [6.07, 6.45) is -12.6. The van der Waals surface area contributed by atoms with Gasteiger partial charge >= 0.3 is 12.1 Å². The second kappa shape index (κ2) is 8.44. The number of ether oxygens (including phenoxy) is 1.